The molecular formula is C14H18BrNO4S. The van der Waals surface area contributed by atoms with E-state index in [0.29, 0.717) is 6.54 Å². The van der Waals surface area contributed by atoms with Crippen molar-refractivity contribution in [3.63, 3.8) is 0 Å². The number of sulfone groups is 1. The molecule has 2 unspecified atom stereocenters. The van der Waals surface area contributed by atoms with Crippen LogP contribution in [0.15, 0.2) is 28.7 Å². The molecule has 1 aliphatic heterocycles. The fraction of sp³-hybridized carbons (Fsp3) is 0.500. The highest BCUT2D eigenvalue weighted by Gasteiger charge is 2.35. The third-order valence-corrected chi connectivity index (χ3v) is 6.06. The molecule has 7 heteroatoms. The predicted molar refractivity (Wildman–Crippen MR) is 84.0 cm³/mol. The van der Waals surface area contributed by atoms with Crippen molar-refractivity contribution in [2.75, 3.05) is 18.1 Å². The third kappa shape index (κ3) is 4.28. The summed E-state index contributed by atoms with van der Waals surface area (Å²) in [5.41, 5.74) is 1.05. The molecule has 21 heavy (non-hydrogen) atoms. The molecule has 0 bridgehead atoms. The van der Waals surface area contributed by atoms with E-state index in [1.165, 1.54) is 0 Å². The molecule has 0 spiro atoms. The lowest BCUT2D eigenvalue weighted by molar-refractivity contribution is -0.138. The predicted octanol–water partition coefficient (Wildman–Crippen LogP) is 2.08. The van der Waals surface area contributed by atoms with Crippen LogP contribution in [0.3, 0.4) is 0 Å². The summed E-state index contributed by atoms with van der Waals surface area (Å²) in [5.74, 6) is -0.963. The molecule has 1 aromatic rings. The Bertz CT molecular complexity index is 614. The van der Waals surface area contributed by atoms with Gasteiger partial charge in [-0.05, 0) is 24.6 Å². The SMILES string of the molecule is CC(c1ccc(Br)cc1)N1CCS(=O)(=O)CC1CC(=O)O. The van der Waals surface area contributed by atoms with Gasteiger partial charge in [0.2, 0.25) is 0 Å². The smallest absolute Gasteiger partial charge is 0.304 e. The van der Waals surface area contributed by atoms with Gasteiger partial charge < -0.3 is 5.11 Å². The van der Waals surface area contributed by atoms with Gasteiger partial charge in [-0.3, -0.25) is 9.69 Å². The van der Waals surface area contributed by atoms with Gasteiger partial charge in [0, 0.05) is 23.1 Å². The van der Waals surface area contributed by atoms with Crippen LogP contribution in [0.4, 0.5) is 0 Å². The van der Waals surface area contributed by atoms with Crippen LogP contribution < -0.4 is 0 Å². The molecule has 0 amide bonds. The van der Waals surface area contributed by atoms with Crippen molar-refractivity contribution in [3.8, 4) is 0 Å². The minimum absolute atomic E-state index is 0.0158. The van der Waals surface area contributed by atoms with E-state index in [9.17, 15) is 13.2 Å². The van der Waals surface area contributed by atoms with E-state index in [1.54, 1.807) is 0 Å². The zero-order valence-electron chi connectivity index (χ0n) is 11.7. The topological polar surface area (TPSA) is 74.7 Å². The summed E-state index contributed by atoms with van der Waals surface area (Å²) < 4.78 is 24.5. The van der Waals surface area contributed by atoms with Crippen molar-refractivity contribution >= 4 is 31.7 Å². The summed E-state index contributed by atoms with van der Waals surface area (Å²) in [6.07, 6.45) is -0.153. The van der Waals surface area contributed by atoms with Gasteiger partial charge in [0.1, 0.15) is 0 Å². The van der Waals surface area contributed by atoms with E-state index in [0.717, 1.165) is 10.0 Å². The zero-order valence-corrected chi connectivity index (χ0v) is 14.1. The third-order valence-electron chi connectivity index (χ3n) is 3.84. The summed E-state index contributed by atoms with van der Waals surface area (Å²) in [6.45, 7) is 2.35. The van der Waals surface area contributed by atoms with Gasteiger partial charge >= 0.3 is 5.97 Å². The Morgan fingerprint density at radius 1 is 1.43 bits per heavy atom. The first-order valence-electron chi connectivity index (χ1n) is 6.72. The second-order valence-corrected chi connectivity index (χ2v) is 8.48. The molecule has 1 saturated heterocycles. The van der Waals surface area contributed by atoms with Crippen LogP contribution in [0, 0.1) is 0 Å². The van der Waals surface area contributed by atoms with Gasteiger partial charge in [-0.25, -0.2) is 8.42 Å². The number of benzene rings is 1. The van der Waals surface area contributed by atoms with E-state index in [2.05, 4.69) is 15.9 Å². The molecule has 0 aliphatic carbocycles. The average Bonchev–Trinajstić information content (AvgIpc) is 2.37. The Hall–Kier alpha value is -0.920. The maximum Gasteiger partial charge on any atom is 0.304 e. The number of aliphatic carboxylic acids is 1. The summed E-state index contributed by atoms with van der Waals surface area (Å²) in [7, 11) is -3.15. The summed E-state index contributed by atoms with van der Waals surface area (Å²) in [5, 5.41) is 9.01. The van der Waals surface area contributed by atoms with E-state index in [-0.39, 0.29) is 24.0 Å². The Balaban J connectivity index is 2.22. The highest BCUT2D eigenvalue weighted by atomic mass is 79.9. The second kappa shape index (κ2) is 6.46. The molecule has 1 aliphatic rings. The number of carboxylic acids is 1. The lowest BCUT2D eigenvalue weighted by Crippen LogP contribution is -2.50. The Morgan fingerprint density at radius 2 is 2.05 bits per heavy atom. The Labute approximate surface area is 133 Å². The van der Waals surface area contributed by atoms with E-state index in [4.69, 9.17) is 5.11 Å². The largest absolute Gasteiger partial charge is 0.481 e. The first-order valence-corrected chi connectivity index (χ1v) is 9.33. The molecule has 0 radical (unpaired) electrons. The standard InChI is InChI=1S/C14H18BrNO4S/c1-10(11-2-4-12(15)5-3-11)16-6-7-21(19,20)9-13(16)8-14(17)18/h2-5,10,13H,6-9H2,1H3,(H,17,18). The molecule has 1 heterocycles. The normalized spacial score (nSPS) is 23.6. The number of hydrogen-bond donors (Lipinski definition) is 1. The van der Waals surface area contributed by atoms with Gasteiger partial charge in [-0.15, -0.1) is 0 Å². The summed E-state index contributed by atoms with van der Waals surface area (Å²) in [4.78, 5) is 13.0. The maximum atomic E-state index is 11.8. The molecule has 2 rings (SSSR count). The summed E-state index contributed by atoms with van der Waals surface area (Å²) in [6, 6.07) is 7.31. The van der Waals surface area contributed by atoms with Crippen LogP contribution >= 0.6 is 15.9 Å². The monoisotopic (exact) mass is 375 g/mol. The van der Waals surface area contributed by atoms with Crippen LogP contribution in [0.5, 0.6) is 0 Å². The number of carboxylic acid groups (broad SMARTS) is 1. The van der Waals surface area contributed by atoms with Crippen LogP contribution in [-0.4, -0.2) is 48.5 Å². The highest BCUT2D eigenvalue weighted by Crippen LogP contribution is 2.28. The highest BCUT2D eigenvalue weighted by molar-refractivity contribution is 9.10. The first-order chi connectivity index (χ1) is 9.78. The number of halogens is 1. The Kier molecular flexibility index (Phi) is 5.06. The maximum absolute atomic E-state index is 11.8. The lowest BCUT2D eigenvalue weighted by Gasteiger charge is -2.39. The molecule has 1 N–H and O–H groups in total. The Morgan fingerprint density at radius 3 is 2.62 bits per heavy atom. The van der Waals surface area contributed by atoms with Crippen molar-refractivity contribution in [2.45, 2.75) is 25.4 Å². The lowest BCUT2D eigenvalue weighted by atomic mass is 10.0. The van der Waals surface area contributed by atoms with Crippen LogP contribution in [-0.2, 0) is 14.6 Å². The zero-order chi connectivity index (χ0) is 15.6. The fourth-order valence-electron chi connectivity index (χ4n) is 2.72. The minimum Gasteiger partial charge on any atom is -0.481 e. The first kappa shape index (κ1) is 16.5. The number of hydrogen-bond acceptors (Lipinski definition) is 4. The number of rotatable bonds is 4. The van der Waals surface area contributed by atoms with Crippen molar-refractivity contribution < 1.29 is 18.3 Å². The molecule has 1 fully saturated rings. The molecule has 0 aromatic heterocycles. The fourth-order valence-corrected chi connectivity index (χ4v) is 4.54. The van der Waals surface area contributed by atoms with Gasteiger partial charge in [0.05, 0.1) is 17.9 Å². The van der Waals surface area contributed by atoms with Crippen molar-refractivity contribution in [1.82, 2.24) is 4.90 Å². The molecule has 116 valence electrons. The quantitative estimate of drug-likeness (QED) is 0.871. The molecule has 5 nitrogen and oxygen atoms in total. The van der Waals surface area contributed by atoms with Crippen LogP contribution in [0.2, 0.25) is 0 Å². The van der Waals surface area contributed by atoms with Gasteiger partial charge in [-0.2, -0.15) is 0 Å². The molecule has 1 aromatic carbocycles. The summed E-state index contributed by atoms with van der Waals surface area (Å²) >= 11 is 3.38. The van der Waals surface area contributed by atoms with Gasteiger partial charge in [0.25, 0.3) is 0 Å². The van der Waals surface area contributed by atoms with Crippen molar-refractivity contribution in [1.29, 1.82) is 0 Å². The second-order valence-electron chi connectivity index (χ2n) is 5.33. The van der Waals surface area contributed by atoms with E-state index < -0.39 is 21.8 Å². The molecule has 2 atom stereocenters. The average molecular weight is 376 g/mol. The minimum atomic E-state index is -3.15. The van der Waals surface area contributed by atoms with Gasteiger partial charge in [0.15, 0.2) is 9.84 Å². The molecule has 0 saturated carbocycles. The van der Waals surface area contributed by atoms with Crippen LogP contribution in [0.1, 0.15) is 24.9 Å². The van der Waals surface area contributed by atoms with E-state index >= 15 is 0 Å². The number of carbonyl (C=O) groups is 1. The van der Waals surface area contributed by atoms with E-state index in [1.807, 2.05) is 36.1 Å². The van der Waals surface area contributed by atoms with Crippen molar-refractivity contribution in [3.05, 3.63) is 34.3 Å². The molecular weight excluding hydrogens is 358 g/mol. The van der Waals surface area contributed by atoms with Gasteiger partial charge in [-0.1, -0.05) is 28.1 Å². The number of nitrogens with zero attached hydrogens (tertiary/aromatic N) is 1. The van der Waals surface area contributed by atoms with Crippen LogP contribution in [0.25, 0.3) is 0 Å². The van der Waals surface area contributed by atoms with Crippen molar-refractivity contribution in [2.24, 2.45) is 0 Å².